The van der Waals surface area contributed by atoms with E-state index in [1.165, 1.54) is 0 Å². The molecule has 2 heterocycles. The van der Waals surface area contributed by atoms with Crippen LogP contribution in [0.15, 0.2) is 41.1 Å². The lowest BCUT2D eigenvalue weighted by atomic mass is 10.3. The number of halogens is 1. The Hall–Kier alpha value is -1.32. The van der Waals surface area contributed by atoms with Crippen LogP contribution in [0.1, 0.15) is 11.5 Å². The topological polar surface area (TPSA) is 29.3 Å². The standard InChI is InChI=1S/C12H13ClN2O/c1-15(9-12-3-2-6-16-12)8-11-7-10(13)4-5-14-11/h2-7H,8-9H2,1H3. The van der Waals surface area contributed by atoms with Crippen LogP contribution < -0.4 is 0 Å². The molecular formula is C12H13ClN2O. The average molecular weight is 237 g/mol. The summed E-state index contributed by atoms with van der Waals surface area (Å²) in [4.78, 5) is 6.37. The summed E-state index contributed by atoms with van der Waals surface area (Å²) in [6.45, 7) is 1.52. The Morgan fingerprint density at radius 1 is 1.38 bits per heavy atom. The van der Waals surface area contributed by atoms with Crippen LogP contribution in [0.25, 0.3) is 0 Å². The molecule has 2 rings (SSSR count). The van der Waals surface area contributed by atoms with Gasteiger partial charge in [0.25, 0.3) is 0 Å². The molecule has 84 valence electrons. The van der Waals surface area contributed by atoms with Crippen LogP contribution in [-0.2, 0) is 13.1 Å². The fourth-order valence-corrected chi connectivity index (χ4v) is 1.72. The van der Waals surface area contributed by atoms with Gasteiger partial charge in [0.15, 0.2) is 0 Å². The monoisotopic (exact) mass is 236 g/mol. The van der Waals surface area contributed by atoms with Crippen LogP contribution in [0.4, 0.5) is 0 Å². The van der Waals surface area contributed by atoms with E-state index in [1.54, 1.807) is 18.5 Å². The molecule has 0 spiro atoms. The van der Waals surface area contributed by atoms with E-state index in [2.05, 4.69) is 9.88 Å². The molecule has 0 saturated heterocycles. The molecule has 2 aromatic rings. The van der Waals surface area contributed by atoms with Gasteiger partial charge >= 0.3 is 0 Å². The van der Waals surface area contributed by atoms with E-state index in [-0.39, 0.29) is 0 Å². The second-order valence-corrected chi connectivity index (χ2v) is 4.15. The highest BCUT2D eigenvalue weighted by atomic mass is 35.5. The second-order valence-electron chi connectivity index (χ2n) is 3.72. The fourth-order valence-electron chi connectivity index (χ4n) is 1.54. The number of nitrogens with zero attached hydrogens (tertiary/aromatic N) is 2. The molecule has 0 amide bonds. The van der Waals surface area contributed by atoms with Crippen LogP contribution in [0.2, 0.25) is 5.02 Å². The van der Waals surface area contributed by atoms with Crippen LogP contribution >= 0.6 is 11.6 Å². The molecule has 0 aromatic carbocycles. The molecule has 0 radical (unpaired) electrons. The molecule has 0 atom stereocenters. The maximum Gasteiger partial charge on any atom is 0.117 e. The lowest BCUT2D eigenvalue weighted by Crippen LogP contribution is -2.17. The third kappa shape index (κ3) is 3.08. The Labute approximate surface area is 99.7 Å². The van der Waals surface area contributed by atoms with Gasteiger partial charge < -0.3 is 4.42 Å². The maximum atomic E-state index is 5.89. The summed E-state index contributed by atoms with van der Waals surface area (Å²) < 4.78 is 5.28. The Balaban J connectivity index is 1.94. The predicted octanol–water partition coefficient (Wildman–Crippen LogP) is 2.96. The second kappa shape index (κ2) is 5.14. The highest BCUT2D eigenvalue weighted by Crippen LogP contribution is 2.11. The average Bonchev–Trinajstić information content (AvgIpc) is 2.70. The Bertz CT molecular complexity index is 442. The van der Waals surface area contributed by atoms with Crippen molar-refractivity contribution in [3.05, 3.63) is 53.2 Å². The minimum atomic E-state index is 0.719. The number of aromatic nitrogens is 1. The molecule has 0 fully saturated rings. The first-order valence-corrected chi connectivity index (χ1v) is 5.43. The van der Waals surface area contributed by atoms with Gasteiger partial charge in [0, 0.05) is 17.8 Å². The molecule has 0 aliphatic carbocycles. The van der Waals surface area contributed by atoms with Crippen molar-refractivity contribution in [2.75, 3.05) is 7.05 Å². The molecule has 0 aliphatic heterocycles. The first-order valence-electron chi connectivity index (χ1n) is 5.05. The van der Waals surface area contributed by atoms with E-state index < -0.39 is 0 Å². The summed E-state index contributed by atoms with van der Waals surface area (Å²) in [5.41, 5.74) is 0.960. The smallest absolute Gasteiger partial charge is 0.117 e. The van der Waals surface area contributed by atoms with Gasteiger partial charge in [-0.25, -0.2) is 0 Å². The molecule has 0 saturated carbocycles. The highest BCUT2D eigenvalue weighted by Gasteiger charge is 2.04. The van der Waals surface area contributed by atoms with Gasteiger partial charge in [-0.05, 0) is 31.3 Å². The van der Waals surface area contributed by atoms with Crippen molar-refractivity contribution >= 4 is 11.6 Å². The quantitative estimate of drug-likeness (QED) is 0.818. The predicted molar refractivity (Wildman–Crippen MR) is 63.1 cm³/mol. The van der Waals surface area contributed by atoms with Crippen molar-refractivity contribution in [2.45, 2.75) is 13.1 Å². The van der Waals surface area contributed by atoms with E-state index in [0.29, 0.717) is 0 Å². The molecule has 3 nitrogen and oxygen atoms in total. The summed E-state index contributed by atoms with van der Waals surface area (Å²) in [5.74, 6) is 0.949. The van der Waals surface area contributed by atoms with Crippen molar-refractivity contribution in [3.63, 3.8) is 0 Å². The van der Waals surface area contributed by atoms with Crippen LogP contribution in [0.3, 0.4) is 0 Å². The third-order valence-corrected chi connectivity index (χ3v) is 2.45. The molecule has 16 heavy (non-hydrogen) atoms. The van der Waals surface area contributed by atoms with Crippen LogP contribution in [0, 0.1) is 0 Å². The van der Waals surface area contributed by atoms with Crippen molar-refractivity contribution < 1.29 is 4.42 Å². The van der Waals surface area contributed by atoms with E-state index in [9.17, 15) is 0 Å². The number of furan rings is 1. The normalized spacial score (nSPS) is 10.9. The summed E-state index contributed by atoms with van der Waals surface area (Å²) >= 11 is 5.89. The molecule has 4 heteroatoms. The number of hydrogen-bond acceptors (Lipinski definition) is 3. The number of hydrogen-bond donors (Lipinski definition) is 0. The van der Waals surface area contributed by atoms with Crippen LogP contribution in [0.5, 0.6) is 0 Å². The van der Waals surface area contributed by atoms with E-state index in [4.69, 9.17) is 16.0 Å². The fraction of sp³-hybridized carbons (Fsp3) is 0.250. The molecule has 2 aromatic heterocycles. The van der Waals surface area contributed by atoms with Crippen molar-refractivity contribution in [1.82, 2.24) is 9.88 Å². The highest BCUT2D eigenvalue weighted by molar-refractivity contribution is 6.30. The van der Waals surface area contributed by atoms with Crippen molar-refractivity contribution in [2.24, 2.45) is 0 Å². The minimum absolute atomic E-state index is 0.719. The van der Waals surface area contributed by atoms with Gasteiger partial charge in [0.05, 0.1) is 18.5 Å². The van der Waals surface area contributed by atoms with Crippen molar-refractivity contribution in [1.29, 1.82) is 0 Å². The Kier molecular flexibility index (Phi) is 3.59. The van der Waals surface area contributed by atoms with Gasteiger partial charge in [-0.2, -0.15) is 0 Å². The minimum Gasteiger partial charge on any atom is -0.468 e. The first-order chi connectivity index (χ1) is 7.74. The van der Waals surface area contributed by atoms with Gasteiger partial charge in [0.1, 0.15) is 5.76 Å². The Morgan fingerprint density at radius 2 is 2.25 bits per heavy atom. The molecule has 0 unspecified atom stereocenters. The summed E-state index contributed by atoms with van der Waals surface area (Å²) in [6.07, 6.45) is 3.40. The lowest BCUT2D eigenvalue weighted by molar-refractivity contribution is 0.285. The first kappa shape index (κ1) is 11.2. The molecule has 0 N–H and O–H groups in total. The SMILES string of the molecule is CN(Cc1cc(Cl)ccn1)Cc1ccco1. The zero-order chi connectivity index (χ0) is 11.4. The molecular weight excluding hydrogens is 224 g/mol. The van der Waals surface area contributed by atoms with E-state index in [1.807, 2.05) is 25.2 Å². The van der Waals surface area contributed by atoms with Gasteiger partial charge in [-0.15, -0.1) is 0 Å². The van der Waals surface area contributed by atoms with Gasteiger partial charge in [-0.1, -0.05) is 11.6 Å². The largest absolute Gasteiger partial charge is 0.468 e. The lowest BCUT2D eigenvalue weighted by Gasteiger charge is -2.14. The van der Waals surface area contributed by atoms with Crippen molar-refractivity contribution in [3.8, 4) is 0 Å². The number of pyridine rings is 1. The zero-order valence-electron chi connectivity index (χ0n) is 9.06. The van der Waals surface area contributed by atoms with Crippen LogP contribution in [-0.4, -0.2) is 16.9 Å². The molecule has 0 bridgehead atoms. The zero-order valence-corrected chi connectivity index (χ0v) is 9.81. The summed E-state index contributed by atoms with van der Waals surface area (Å²) in [6, 6.07) is 7.50. The Morgan fingerprint density at radius 3 is 2.94 bits per heavy atom. The molecule has 0 aliphatic rings. The summed E-state index contributed by atoms with van der Waals surface area (Å²) in [5, 5.41) is 0.719. The van der Waals surface area contributed by atoms with Gasteiger partial charge in [-0.3, -0.25) is 9.88 Å². The maximum absolute atomic E-state index is 5.89. The number of rotatable bonds is 4. The van der Waals surface area contributed by atoms with Gasteiger partial charge in [0.2, 0.25) is 0 Å². The third-order valence-electron chi connectivity index (χ3n) is 2.22. The summed E-state index contributed by atoms with van der Waals surface area (Å²) in [7, 11) is 2.02. The van der Waals surface area contributed by atoms with E-state index >= 15 is 0 Å². The van der Waals surface area contributed by atoms with E-state index in [0.717, 1.165) is 29.6 Å².